The van der Waals surface area contributed by atoms with Crippen LogP contribution in [0.1, 0.15) is 23.2 Å². The van der Waals surface area contributed by atoms with Gasteiger partial charge in [0.2, 0.25) is 10.0 Å². The lowest BCUT2D eigenvalue weighted by atomic mass is 10.2. The molecule has 0 bridgehead atoms. The summed E-state index contributed by atoms with van der Waals surface area (Å²) in [6.45, 7) is 4.06. The highest BCUT2D eigenvalue weighted by Gasteiger charge is 2.20. The number of rotatable bonds is 7. The minimum absolute atomic E-state index is 0.0746. The highest BCUT2D eigenvalue weighted by atomic mass is 32.2. The van der Waals surface area contributed by atoms with Gasteiger partial charge in [-0.25, -0.2) is 13.1 Å². The van der Waals surface area contributed by atoms with Gasteiger partial charge in [-0.3, -0.25) is 4.79 Å². The molecular weight excluding hydrogens is 418 g/mol. The van der Waals surface area contributed by atoms with Crippen molar-refractivity contribution in [2.75, 3.05) is 49.7 Å². The van der Waals surface area contributed by atoms with E-state index >= 15 is 0 Å². The largest absolute Gasteiger partial charge is 0.378 e. The van der Waals surface area contributed by atoms with Crippen LogP contribution >= 0.6 is 0 Å². The van der Waals surface area contributed by atoms with Crippen molar-refractivity contribution in [2.24, 2.45) is 0 Å². The lowest BCUT2D eigenvalue weighted by Gasteiger charge is -2.28. The smallest absolute Gasteiger partial charge is 0.255 e. The van der Waals surface area contributed by atoms with Gasteiger partial charge in [0.1, 0.15) is 0 Å². The first-order valence-electron chi connectivity index (χ1n) is 10.5. The quantitative estimate of drug-likeness (QED) is 0.679. The van der Waals surface area contributed by atoms with Crippen LogP contribution < -0.4 is 14.9 Å². The number of hydrogen-bond acceptors (Lipinski definition) is 6. The van der Waals surface area contributed by atoms with Gasteiger partial charge in [-0.05, 0) is 61.4 Å². The predicted molar refractivity (Wildman–Crippen MR) is 118 cm³/mol. The summed E-state index contributed by atoms with van der Waals surface area (Å²) in [5.74, 6) is -0.296. The van der Waals surface area contributed by atoms with Crippen LogP contribution in [0.15, 0.2) is 53.4 Å². The first-order chi connectivity index (χ1) is 15.0. The molecule has 0 radical (unpaired) electrons. The zero-order chi connectivity index (χ0) is 21.7. The third kappa shape index (κ3) is 5.62. The summed E-state index contributed by atoms with van der Waals surface area (Å²) in [5.41, 5.74) is 2.15. The number of sulfonamides is 1. The van der Waals surface area contributed by atoms with Crippen molar-refractivity contribution in [3.63, 3.8) is 0 Å². The van der Waals surface area contributed by atoms with Crippen molar-refractivity contribution in [3.05, 3.63) is 54.1 Å². The summed E-state index contributed by atoms with van der Waals surface area (Å²) < 4.78 is 38.3. The maximum absolute atomic E-state index is 12.5. The van der Waals surface area contributed by atoms with Crippen LogP contribution in [-0.4, -0.2) is 59.9 Å². The van der Waals surface area contributed by atoms with Crippen LogP contribution in [0.25, 0.3) is 0 Å². The Bertz CT molecular complexity index is 981. The SMILES string of the molecule is O=C(Nc1ccc(N2CCOCC2)cc1)c1ccc(S(=O)(=O)NCC2CCCO2)cc1. The normalized spacial score (nSPS) is 19.4. The Labute approximate surface area is 182 Å². The van der Waals surface area contributed by atoms with Gasteiger partial charge in [0.05, 0.1) is 24.2 Å². The number of ether oxygens (including phenoxy) is 2. The molecule has 1 amide bonds. The average molecular weight is 446 g/mol. The number of amides is 1. The van der Waals surface area contributed by atoms with Gasteiger partial charge < -0.3 is 19.7 Å². The Morgan fingerprint density at radius 2 is 1.71 bits per heavy atom. The number of carbonyl (C=O) groups excluding carboxylic acids is 1. The van der Waals surface area contributed by atoms with E-state index in [1.54, 1.807) is 0 Å². The molecule has 2 aromatic rings. The molecule has 4 rings (SSSR count). The zero-order valence-corrected chi connectivity index (χ0v) is 18.1. The molecule has 8 nitrogen and oxygen atoms in total. The number of nitrogens with one attached hydrogen (secondary N) is 2. The van der Waals surface area contributed by atoms with Crippen molar-refractivity contribution in [1.82, 2.24) is 4.72 Å². The molecule has 0 saturated carbocycles. The number of nitrogens with zero attached hydrogens (tertiary/aromatic N) is 1. The van der Waals surface area contributed by atoms with E-state index < -0.39 is 10.0 Å². The maximum atomic E-state index is 12.5. The summed E-state index contributed by atoms with van der Waals surface area (Å²) in [6.07, 6.45) is 1.73. The molecular formula is C22H27N3O5S. The van der Waals surface area contributed by atoms with Gasteiger partial charge in [0.25, 0.3) is 5.91 Å². The van der Waals surface area contributed by atoms with E-state index in [4.69, 9.17) is 9.47 Å². The highest BCUT2D eigenvalue weighted by Crippen LogP contribution is 2.20. The summed E-state index contributed by atoms with van der Waals surface area (Å²) in [5, 5.41) is 2.85. The first-order valence-corrected chi connectivity index (χ1v) is 11.9. The van der Waals surface area contributed by atoms with E-state index in [0.29, 0.717) is 31.1 Å². The van der Waals surface area contributed by atoms with E-state index in [9.17, 15) is 13.2 Å². The molecule has 9 heteroatoms. The molecule has 2 N–H and O–H groups in total. The number of morpholine rings is 1. The van der Waals surface area contributed by atoms with E-state index in [1.165, 1.54) is 24.3 Å². The van der Waals surface area contributed by atoms with E-state index in [-0.39, 0.29) is 23.5 Å². The van der Waals surface area contributed by atoms with Gasteiger partial charge in [0, 0.05) is 43.2 Å². The number of hydrogen-bond donors (Lipinski definition) is 2. The second-order valence-electron chi connectivity index (χ2n) is 7.61. The molecule has 2 heterocycles. The fraction of sp³-hybridized carbons (Fsp3) is 0.409. The number of carbonyl (C=O) groups is 1. The lowest BCUT2D eigenvalue weighted by Crippen LogP contribution is -2.36. The van der Waals surface area contributed by atoms with Crippen molar-refractivity contribution in [1.29, 1.82) is 0 Å². The Morgan fingerprint density at radius 3 is 2.35 bits per heavy atom. The fourth-order valence-electron chi connectivity index (χ4n) is 3.66. The van der Waals surface area contributed by atoms with Crippen molar-refractivity contribution < 1.29 is 22.7 Å². The topological polar surface area (TPSA) is 97.0 Å². The second kappa shape index (κ2) is 9.78. The molecule has 1 unspecified atom stereocenters. The third-order valence-corrected chi connectivity index (χ3v) is 6.89. The summed E-state index contributed by atoms with van der Waals surface area (Å²) in [4.78, 5) is 14.9. The number of benzene rings is 2. The zero-order valence-electron chi connectivity index (χ0n) is 17.2. The van der Waals surface area contributed by atoms with Crippen molar-refractivity contribution in [3.8, 4) is 0 Å². The highest BCUT2D eigenvalue weighted by molar-refractivity contribution is 7.89. The molecule has 2 saturated heterocycles. The molecule has 1 atom stereocenters. The van der Waals surface area contributed by atoms with Gasteiger partial charge >= 0.3 is 0 Å². The molecule has 0 spiro atoms. The number of anilines is 2. The maximum Gasteiger partial charge on any atom is 0.255 e. The third-order valence-electron chi connectivity index (χ3n) is 5.45. The average Bonchev–Trinajstić information content (AvgIpc) is 3.33. The van der Waals surface area contributed by atoms with Crippen molar-refractivity contribution in [2.45, 2.75) is 23.8 Å². The molecule has 2 aliphatic heterocycles. The lowest BCUT2D eigenvalue weighted by molar-refractivity contribution is 0.102. The monoisotopic (exact) mass is 445 g/mol. The fourth-order valence-corrected chi connectivity index (χ4v) is 4.72. The minimum Gasteiger partial charge on any atom is -0.378 e. The Hall–Kier alpha value is -2.46. The van der Waals surface area contributed by atoms with Crippen molar-refractivity contribution >= 4 is 27.3 Å². The summed E-state index contributed by atoms with van der Waals surface area (Å²) in [6, 6.07) is 13.6. The van der Waals surface area contributed by atoms with Gasteiger partial charge in [-0.15, -0.1) is 0 Å². The van der Waals surface area contributed by atoms with Gasteiger partial charge in [-0.1, -0.05) is 0 Å². The molecule has 0 aliphatic carbocycles. The van der Waals surface area contributed by atoms with Gasteiger partial charge in [0.15, 0.2) is 0 Å². The first kappa shape index (κ1) is 21.8. The molecule has 2 aliphatic rings. The van der Waals surface area contributed by atoms with Gasteiger partial charge in [-0.2, -0.15) is 0 Å². The van der Waals surface area contributed by atoms with Crippen LogP contribution in [0.5, 0.6) is 0 Å². The molecule has 0 aromatic heterocycles. The van der Waals surface area contributed by atoms with Crippen LogP contribution in [0, 0.1) is 0 Å². The summed E-state index contributed by atoms with van der Waals surface area (Å²) in [7, 11) is -3.64. The van der Waals surface area contributed by atoms with Crippen LogP contribution in [0.2, 0.25) is 0 Å². The Morgan fingerprint density at radius 1 is 1.00 bits per heavy atom. The molecule has 2 fully saturated rings. The summed E-state index contributed by atoms with van der Waals surface area (Å²) >= 11 is 0. The Balaban J connectivity index is 1.34. The Kier molecular flexibility index (Phi) is 6.86. The molecule has 2 aromatic carbocycles. The second-order valence-corrected chi connectivity index (χ2v) is 9.38. The minimum atomic E-state index is -3.64. The van der Waals surface area contributed by atoms with E-state index in [2.05, 4.69) is 14.9 Å². The van der Waals surface area contributed by atoms with Crippen LogP contribution in [0.4, 0.5) is 11.4 Å². The standard InChI is InChI=1S/C22H27N3O5S/c26-22(24-18-5-7-19(8-6-18)25-11-14-29-15-12-25)17-3-9-21(10-4-17)31(27,28)23-16-20-2-1-13-30-20/h3-10,20,23H,1-2,11-16H2,(H,24,26). The van der Waals surface area contributed by atoms with Crippen LogP contribution in [-0.2, 0) is 19.5 Å². The predicted octanol–water partition coefficient (Wildman–Crippen LogP) is 2.23. The molecule has 166 valence electrons. The van der Waals surface area contributed by atoms with E-state index in [1.807, 2.05) is 24.3 Å². The van der Waals surface area contributed by atoms with E-state index in [0.717, 1.165) is 31.6 Å². The van der Waals surface area contributed by atoms with Crippen LogP contribution in [0.3, 0.4) is 0 Å². The molecule has 31 heavy (non-hydrogen) atoms.